The number of hydrogen-bond donors (Lipinski definition) is 2. The highest BCUT2D eigenvalue weighted by Crippen LogP contribution is 2.33. The number of thioether (sulfide) groups is 1. The summed E-state index contributed by atoms with van der Waals surface area (Å²) in [5, 5.41) is 10.9. The third-order valence-electron chi connectivity index (χ3n) is 4.59. The van der Waals surface area contributed by atoms with E-state index in [9.17, 15) is 14.7 Å². The van der Waals surface area contributed by atoms with E-state index in [0.717, 1.165) is 5.56 Å². The zero-order chi connectivity index (χ0) is 18.7. The Kier molecular flexibility index (Phi) is 5.43. The number of likely N-dealkylation sites (tertiary alicyclic amines) is 1. The molecule has 3 heterocycles. The first-order chi connectivity index (χ1) is 12.4. The Morgan fingerprint density at radius 2 is 2.15 bits per heavy atom. The van der Waals surface area contributed by atoms with Crippen molar-refractivity contribution in [1.29, 1.82) is 0 Å². The van der Waals surface area contributed by atoms with Crippen LogP contribution in [0.1, 0.15) is 31.0 Å². The molecular weight excluding hydrogens is 352 g/mol. The van der Waals surface area contributed by atoms with Crippen LogP contribution in [0.25, 0.3) is 0 Å². The highest BCUT2D eigenvalue weighted by molar-refractivity contribution is 8.00. The maximum atomic E-state index is 12.7. The van der Waals surface area contributed by atoms with E-state index in [4.69, 9.17) is 0 Å². The van der Waals surface area contributed by atoms with Crippen LogP contribution in [0, 0.1) is 6.92 Å². The molecule has 0 spiro atoms. The van der Waals surface area contributed by atoms with Crippen molar-refractivity contribution in [3.63, 3.8) is 0 Å². The minimum atomic E-state index is -0.940. The Balaban J connectivity index is 1.62. The molecule has 8 heteroatoms. The number of amides is 1. The first-order valence-electron chi connectivity index (χ1n) is 8.54. The molecule has 138 valence electrons. The fourth-order valence-corrected chi connectivity index (χ4v) is 4.05. The molecule has 2 aromatic rings. The Morgan fingerprint density at radius 1 is 1.42 bits per heavy atom. The van der Waals surface area contributed by atoms with Gasteiger partial charge in [0.25, 0.3) is 5.56 Å². The van der Waals surface area contributed by atoms with Crippen LogP contribution in [-0.2, 0) is 10.4 Å². The van der Waals surface area contributed by atoms with Gasteiger partial charge in [0.2, 0.25) is 5.91 Å². The molecule has 26 heavy (non-hydrogen) atoms. The Labute approximate surface area is 155 Å². The van der Waals surface area contributed by atoms with E-state index in [0.29, 0.717) is 36.8 Å². The molecule has 1 saturated heterocycles. The molecule has 0 aliphatic carbocycles. The number of aromatic nitrogens is 3. The lowest BCUT2D eigenvalue weighted by atomic mass is 9.85. The van der Waals surface area contributed by atoms with Gasteiger partial charge in [0.15, 0.2) is 5.16 Å². The number of aromatic amines is 1. The van der Waals surface area contributed by atoms with Gasteiger partial charge < -0.3 is 15.0 Å². The predicted molar refractivity (Wildman–Crippen MR) is 98.9 cm³/mol. The monoisotopic (exact) mass is 374 g/mol. The highest BCUT2D eigenvalue weighted by atomic mass is 32.2. The topological polar surface area (TPSA) is 99.2 Å². The lowest BCUT2D eigenvalue weighted by Crippen LogP contribution is -2.47. The largest absolute Gasteiger partial charge is 0.385 e. The van der Waals surface area contributed by atoms with Crippen molar-refractivity contribution in [1.82, 2.24) is 19.9 Å². The van der Waals surface area contributed by atoms with Gasteiger partial charge in [0.05, 0.1) is 10.9 Å². The average molecular weight is 374 g/mol. The molecule has 0 saturated carbocycles. The Morgan fingerprint density at radius 3 is 2.77 bits per heavy atom. The summed E-state index contributed by atoms with van der Waals surface area (Å²) >= 11 is 1.24. The van der Waals surface area contributed by atoms with E-state index in [1.807, 2.05) is 6.07 Å². The fraction of sp³-hybridized carbons (Fsp3) is 0.444. The van der Waals surface area contributed by atoms with Crippen LogP contribution in [0.3, 0.4) is 0 Å². The van der Waals surface area contributed by atoms with Crippen LogP contribution in [0.2, 0.25) is 0 Å². The SMILES string of the molecule is Cc1cc(=O)[nH]c(SC(C)C(=O)N2CCC(O)(c3cccnc3)CC2)n1. The lowest BCUT2D eigenvalue weighted by molar-refractivity contribution is -0.134. The summed E-state index contributed by atoms with van der Waals surface area (Å²) in [4.78, 5) is 37.0. The third kappa shape index (κ3) is 4.13. The van der Waals surface area contributed by atoms with Gasteiger partial charge in [-0.3, -0.25) is 14.6 Å². The summed E-state index contributed by atoms with van der Waals surface area (Å²) in [5.74, 6) is -0.0209. The van der Waals surface area contributed by atoms with E-state index in [-0.39, 0.29) is 16.7 Å². The van der Waals surface area contributed by atoms with Crippen molar-refractivity contribution in [2.75, 3.05) is 13.1 Å². The van der Waals surface area contributed by atoms with Crippen molar-refractivity contribution < 1.29 is 9.90 Å². The van der Waals surface area contributed by atoms with E-state index < -0.39 is 5.60 Å². The molecule has 1 fully saturated rings. The standard InChI is InChI=1S/C18H22N4O3S/c1-12-10-15(23)21-17(20-12)26-13(2)16(24)22-8-5-18(25,6-9-22)14-4-3-7-19-11-14/h3-4,7,10-11,13,25H,5-6,8-9H2,1-2H3,(H,20,21,23). The minimum absolute atomic E-state index is 0.0209. The Hall–Kier alpha value is -2.19. The normalized spacial score (nSPS) is 17.7. The summed E-state index contributed by atoms with van der Waals surface area (Å²) in [6.45, 7) is 4.51. The molecular formula is C18H22N4O3S. The molecule has 7 nitrogen and oxygen atoms in total. The van der Waals surface area contributed by atoms with Crippen LogP contribution in [0.4, 0.5) is 0 Å². The number of carbonyl (C=O) groups excluding carboxylic acids is 1. The van der Waals surface area contributed by atoms with Crippen molar-refractivity contribution in [3.8, 4) is 0 Å². The molecule has 1 atom stereocenters. The maximum absolute atomic E-state index is 12.7. The molecule has 1 aliphatic heterocycles. The van der Waals surface area contributed by atoms with Gasteiger partial charge in [-0.1, -0.05) is 17.8 Å². The molecule has 2 N–H and O–H groups in total. The second-order valence-corrected chi connectivity index (χ2v) is 7.88. The maximum Gasteiger partial charge on any atom is 0.251 e. The number of nitrogens with one attached hydrogen (secondary N) is 1. The zero-order valence-corrected chi connectivity index (χ0v) is 15.6. The van der Waals surface area contributed by atoms with E-state index in [1.165, 1.54) is 17.8 Å². The summed E-state index contributed by atoms with van der Waals surface area (Å²) in [6.07, 6.45) is 4.30. The number of H-pyrrole nitrogens is 1. The van der Waals surface area contributed by atoms with Gasteiger partial charge >= 0.3 is 0 Å². The van der Waals surface area contributed by atoms with Crippen LogP contribution in [0.15, 0.2) is 40.5 Å². The van der Waals surface area contributed by atoms with E-state index in [1.54, 1.807) is 37.2 Å². The van der Waals surface area contributed by atoms with Crippen molar-refractivity contribution in [2.24, 2.45) is 0 Å². The molecule has 1 amide bonds. The van der Waals surface area contributed by atoms with Gasteiger partial charge in [0, 0.05) is 42.8 Å². The fourth-order valence-electron chi connectivity index (χ4n) is 3.11. The number of carbonyl (C=O) groups is 1. The zero-order valence-electron chi connectivity index (χ0n) is 14.8. The molecule has 0 aromatic carbocycles. The van der Waals surface area contributed by atoms with Crippen LogP contribution < -0.4 is 5.56 Å². The first kappa shape index (κ1) is 18.6. The van der Waals surface area contributed by atoms with E-state index in [2.05, 4.69) is 15.0 Å². The van der Waals surface area contributed by atoms with Gasteiger partial charge in [-0.05, 0) is 32.8 Å². The van der Waals surface area contributed by atoms with Crippen LogP contribution >= 0.6 is 11.8 Å². The molecule has 1 unspecified atom stereocenters. The summed E-state index contributed by atoms with van der Waals surface area (Å²) in [5.41, 5.74) is 0.246. The number of hydrogen-bond acceptors (Lipinski definition) is 6. The first-order valence-corrected chi connectivity index (χ1v) is 9.42. The summed E-state index contributed by atoms with van der Waals surface area (Å²) in [6, 6.07) is 5.09. The second kappa shape index (κ2) is 7.59. The van der Waals surface area contributed by atoms with Crippen LogP contribution in [0.5, 0.6) is 0 Å². The second-order valence-electron chi connectivity index (χ2n) is 6.55. The highest BCUT2D eigenvalue weighted by Gasteiger charge is 2.36. The average Bonchev–Trinajstić information content (AvgIpc) is 2.61. The van der Waals surface area contributed by atoms with Crippen molar-refractivity contribution in [3.05, 3.63) is 52.2 Å². The number of nitrogens with zero attached hydrogens (tertiary/aromatic N) is 3. The van der Waals surface area contributed by atoms with Gasteiger partial charge in [-0.25, -0.2) is 4.98 Å². The van der Waals surface area contributed by atoms with Crippen LogP contribution in [-0.4, -0.2) is 49.2 Å². The molecule has 0 bridgehead atoms. The third-order valence-corrected chi connectivity index (χ3v) is 5.56. The minimum Gasteiger partial charge on any atom is -0.385 e. The number of aryl methyl sites for hydroxylation is 1. The lowest BCUT2D eigenvalue weighted by Gasteiger charge is -2.39. The molecule has 1 aliphatic rings. The number of rotatable bonds is 4. The van der Waals surface area contributed by atoms with E-state index >= 15 is 0 Å². The van der Waals surface area contributed by atoms with Crippen molar-refractivity contribution >= 4 is 17.7 Å². The number of piperidine rings is 1. The summed E-state index contributed by atoms with van der Waals surface area (Å²) < 4.78 is 0. The molecule has 0 radical (unpaired) electrons. The molecule has 2 aromatic heterocycles. The molecule has 3 rings (SSSR count). The van der Waals surface area contributed by atoms with Crippen molar-refractivity contribution in [2.45, 2.75) is 42.7 Å². The van der Waals surface area contributed by atoms with Gasteiger partial charge in [0.1, 0.15) is 0 Å². The number of aliphatic hydroxyl groups is 1. The smallest absolute Gasteiger partial charge is 0.251 e. The Bertz CT molecular complexity index is 832. The van der Waals surface area contributed by atoms with Gasteiger partial charge in [-0.2, -0.15) is 0 Å². The quantitative estimate of drug-likeness (QED) is 0.621. The predicted octanol–water partition coefficient (Wildman–Crippen LogP) is 1.46. The van der Waals surface area contributed by atoms with Gasteiger partial charge in [-0.15, -0.1) is 0 Å². The number of pyridine rings is 1. The summed E-state index contributed by atoms with van der Waals surface area (Å²) in [7, 11) is 0.